The minimum Gasteiger partial charge on any atom is -0.493 e. The maximum absolute atomic E-state index is 13.2. The van der Waals surface area contributed by atoms with Crippen molar-refractivity contribution in [2.24, 2.45) is 0 Å². The number of ether oxygens (including phenoxy) is 2. The monoisotopic (exact) mass is 424 g/mol. The maximum atomic E-state index is 13.2. The fraction of sp³-hybridized carbons (Fsp3) is 0.440. The van der Waals surface area contributed by atoms with E-state index in [2.05, 4.69) is 18.3 Å². The number of hydrogen-bond donors (Lipinski definition) is 1. The minimum atomic E-state index is -0.658. The molecule has 0 aliphatic carbocycles. The summed E-state index contributed by atoms with van der Waals surface area (Å²) in [5.41, 5.74) is 4.72. The molecule has 0 bridgehead atoms. The molecule has 1 heterocycles. The Bertz CT molecular complexity index is 970. The third-order valence-corrected chi connectivity index (χ3v) is 5.49. The highest BCUT2D eigenvalue weighted by molar-refractivity contribution is 6.06. The molecule has 0 aromatic heterocycles. The molecule has 0 unspecified atom stereocenters. The molecular weight excluding hydrogens is 392 g/mol. The Balaban J connectivity index is 1.87. The molecule has 0 saturated heterocycles. The molecule has 6 nitrogen and oxygen atoms in total. The predicted octanol–water partition coefficient (Wildman–Crippen LogP) is 4.61. The van der Waals surface area contributed by atoms with Crippen LogP contribution in [-0.2, 0) is 16.1 Å². The summed E-state index contributed by atoms with van der Waals surface area (Å²) < 4.78 is 11.4. The smallest absolute Gasteiger partial charge is 0.254 e. The summed E-state index contributed by atoms with van der Waals surface area (Å²) in [6.45, 7) is 8.62. The quantitative estimate of drug-likeness (QED) is 0.597. The zero-order valence-electron chi connectivity index (χ0n) is 19.1. The molecule has 1 atom stereocenters. The summed E-state index contributed by atoms with van der Waals surface area (Å²) in [6, 6.07) is 9.15. The molecule has 6 heteroatoms. The van der Waals surface area contributed by atoms with Crippen LogP contribution in [0.2, 0.25) is 0 Å². The first-order valence-corrected chi connectivity index (χ1v) is 10.8. The highest BCUT2D eigenvalue weighted by Crippen LogP contribution is 2.40. The van der Waals surface area contributed by atoms with E-state index < -0.39 is 6.04 Å². The number of anilines is 1. The number of nitrogens with one attached hydrogen (secondary N) is 1. The van der Waals surface area contributed by atoms with Gasteiger partial charge < -0.3 is 19.7 Å². The van der Waals surface area contributed by atoms with E-state index in [-0.39, 0.29) is 11.8 Å². The van der Waals surface area contributed by atoms with Gasteiger partial charge in [-0.05, 0) is 43.5 Å². The number of carbonyl (C=O) groups is 2. The van der Waals surface area contributed by atoms with Crippen molar-refractivity contribution in [1.29, 1.82) is 0 Å². The van der Waals surface area contributed by atoms with Gasteiger partial charge in [0.05, 0.1) is 25.9 Å². The molecule has 2 aromatic rings. The Morgan fingerprint density at radius 3 is 2.58 bits per heavy atom. The van der Waals surface area contributed by atoms with E-state index in [1.54, 1.807) is 12.0 Å². The zero-order chi connectivity index (χ0) is 22.5. The first-order valence-electron chi connectivity index (χ1n) is 10.8. The van der Waals surface area contributed by atoms with Crippen molar-refractivity contribution >= 4 is 17.5 Å². The Morgan fingerprint density at radius 2 is 1.90 bits per heavy atom. The number of amides is 2. The summed E-state index contributed by atoms with van der Waals surface area (Å²) in [6.07, 6.45) is 3.28. The Labute approximate surface area is 184 Å². The highest BCUT2D eigenvalue weighted by atomic mass is 16.5. The molecule has 1 aliphatic rings. The molecule has 31 heavy (non-hydrogen) atoms. The summed E-state index contributed by atoms with van der Waals surface area (Å²) >= 11 is 0. The minimum absolute atomic E-state index is 0.127. The number of rotatable bonds is 9. The molecular formula is C25H32N2O4. The lowest BCUT2D eigenvalue weighted by atomic mass is 10.0. The molecule has 0 saturated carbocycles. The lowest BCUT2D eigenvalue weighted by Gasteiger charge is -2.21. The van der Waals surface area contributed by atoms with E-state index >= 15 is 0 Å². The summed E-state index contributed by atoms with van der Waals surface area (Å²) in [7, 11) is 1.62. The predicted molar refractivity (Wildman–Crippen MR) is 122 cm³/mol. The summed E-state index contributed by atoms with van der Waals surface area (Å²) in [5, 5.41) is 2.81. The first kappa shape index (κ1) is 22.7. The molecule has 2 aromatic carbocycles. The lowest BCUT2D eigenvalue weighted by molar-refractivity contribution is -0.126. The number of hydrogen-bond acceptors (Lipinski definition) is 4. The van der Waals surface area contributed by atoms with Gasteiger partial charge in [-0.2, -0.15) is 0 Å². The van der Waals surface area contributed by atoms with Crippen molar-refractivity contribution in [3.8, 4) is 11.5 Å². The van der Waals surface area contributed by atoms with Crippen LogP contribution in [0.3, 0.4) is 0 Å². The van der Waals surface area contributed by atoms with E-state index in [1.807, 2.05) is 38.1 Å². The largest absolute Gasteiger partial charge is 0.493 e. The molecule has 1 N–H and O–H groups in total. The van der Waals surface area contributed by atoms with Gasteiger partial charge in [-0.25, -0.2) is 0 Å². The van der Waals surface area contributed by atoms with Gasteiger partial charge in [-0.1, -0.05) is 43.5 Å². The van der Waals surface area contributed by atoms with Crippen molar-refractivity contribution in [2.45, 2.75) is 59.5 Å². The second-order valence-corrected chi connectivity index (χ2v) is 8.12. The number of aryl methyl sites for hydroxylation is 2. The van der Waals surface area contributed by atoms with Gasteiger partial charge >= 0.3 is 0 Å². The summed E-state index contributed by atoms with van der Waals surface area (Å²) in [5.74, 6) is 1.01. The van der Waals surface area contributed by atoms with Crippen LogP contribution in [0, 0.1) is 13.8 Å². The Kier molecular flexibility index (Phi) is 7.21. The topological polar surface area (TPSA) is 67.9 Å². The van der Waals surface area contributed by atoms with Crippen LogP contribution in [0.4, 0.5) is 5.69 Å². The normalized spacial score (nSPS) is 15.1. The molecule has 2 amide bonds. The van der Waals surface area contributed by atoms with Crippen LogP contribution >= 0.6 is 0 Å². The SMILES string of the molecule is CCCCCOc1ccc(CN2C(=O)[C@H](NC(C)=O)c3cc(C)cc(C)c32)cc1OC. The van der Waals surface area contributed by atoms with Crippen LogP contribution in [0.5, 0.6) is 11.5 Å². The first-order chi connectivity index (χ1) is 14.8. The van der Waals surface area contributed by atoms with Gasteiger partial charge in [-0.15, -0.1) is 0 Å². The average Bonchev–Trinajstić information content (AvgIpc) is 2.97. The van der Waals surface area contributed by atoms with E-state index in [0.717, 1.165) is 47.2 Å². The van der Waals surface area contributed by atoms with Gasteiger partial charge in [0.1, 0.15) is 6.04 Å². The molecule has 0 spiro atoms. The number of carbonyl (C=O) groups excluding carboxylic acids is 2. The fourth-order valence-corrected chi connectivity index (χ4v) is 4.13. The van der Waals surface area contributed by atoms with Gasteiger partial charge in [0.15, 0.2) is 11.5 Å². The third-order valence-electron chi connectivity index (χ3n) is 5.49. The van der Waals surface area contributed by atoms with Crippen LogP contribution < -0.4 is 19.7 Å². The van der Waals surface area contributed by atoms with E-state index in [9.17, 15) is 9.59 Å². The van der Waals surface area contributed by atoms with Gasteiger partial charge in [0.2, 0.25) is 5.91 Å². The van der Waals surface area contributed by atoms with Crippen molar-refractivity contribution < 1.29 is 19.1 Å². The van der Waals surface area contributed by atoms with Gasteiger partial charge in [0, 0.05) is 12.5 Å². The van der Waals surface area contributed by atoms with Crippen molar-refractivity contribution in [3.05, 3.63) is 52.6 Å². The number of nitrogens with zero attached hydrogens (tertiary/aromatic N) is 1. The molecule has 166 valence electrons. The zero-order valence-corrected chi connectivity index (χ0v) is 19.1. The Morgan fingerprint density at radius 1 is 1.13 bits per heavy atom. The summed E-state index contributed by atoms with van der Waals surface area (Å²) in [4.78, 5) is 26.7. The average molecular weight is 425 g/mol. The van der Waals surface area contributed by atoms with Gasteiger partial charge in [0.25, 0.3) is 5.91 Å². The molecule has 3 rings (SSSR count). The van der Waals surface area contributed by atoms with Crippen molar-refractivity contribution in [3.63, 3.8) is 0 Å². The molecule has 0 fully saturated rings. The second-order valence-electron chi connectivity index (χ2n) is 8.12. The molecule has 0 radical (unpaired) electrons. The van der Waals surface area contributed by atoms with Crippen LogP contribution in [0.25, 0.3) is 0 Å². The van der Waals surface area contributed by atoms with Crippen LogP contribution in [0.15, 0.2) is 30.3 Å². The maximum Gasteiger partial charge on any atom is 0.254 e. The van der Waals surface area contributed by atoms with Crippen molar-refractivity contribution in [1.82, 2.24) is 5.32 Å². The lowest BCUT2D eigenvalue weighted by Crippen LogP contribution is -2.36. The van der Waals surface area contributed by atoms with Gasteiger partial charge in [-0.3, -0.25) is 9.59 Å². The Hall–Kier alpha value is -3.02. The van der Waals surface area contributed by atoms with Crippen LogP contribution in [-0.4, -0.2) is 25.5 Å². The second kappa shape index (κ2) is 9.86. The van der Waals surface area contributed by atoms with E-state index in [4.69, 9.17) is 9.47 Å². The molecule has 1 aliphatic heterocycles. The number of fused-ring (bicyclic) bond motifs is 1. The number of methoxy groups -OCH3 is 1. The van der Waals surface area contributed by atoms with Crippen molar-refractivity contribution in [2.75, 3.05) is 18.6 Å². The number of benzene rings is 2. The number of unbranched alkanes of at least 4 members (excludes halogenated alkanes) is 2. The standard InChI is InChI=1S/C25H32N2O4/c1-6-7-8-11-31-21-10-9-19(14-22(21)30-5)15-27-24-17(3)12-16(2)13-20(24)23(25(27)29)26-18(4)28/h9-10,12-14,23H,6-8,11,15H2,1-5H3,(H,26,28)/t23-/m1/s1. The van der Waals surface area contributed by atoms with E-state index in [1.165, 1.54) is 6.92 Å². The third kappa shape index (κ3) is 5.01. The van der Waals surface area contributed by atoms with Crippen LogP contribution in [0.1, 0.15) is 61.4 Å². The highest BCUT2D eigenvalue weighted by Gasteiger charge is 2.39. The van der Waals surface area contributed by atoms with E-state index in [0.29, 0.717) is 24.7 Å². The fourth-order valence-electron chi connectivity index (χ4n) is 4.13.